The summed E-state index contributed by atoms with van der Waals surface area (Å²) in [5.41, 5.74) is 14.5. The number of carbonyl (C=O) groups excluding carboxylic acids is 2. The average molecular weight is 1650 g/mol. The Morgan fingerprint density at radius 2 is 0.873 bits per heavy atom. The second-order valence-corrected chi connectivity index (χ2v) is 36.6. The monoisotopic (exact) mass is 1650 g/mol. The summed E-state index contributed by atoms with van der Waals surface area (Å²) in [5, 5.41) is 12.0. The molecule has 16 rings (SSSR count). The quantitative estimate of drug-likeness (QED) is 0.0787. The Labute approximate surface area is 658 Å². The molecule has 2 amide bonds. The van der Waals surface area contributed by atoms with Gasteiger partial charge in [-0.3, -0.25) is 9.59 Å². The predicted octanol–water partition coefficient (Wildman–Crippen LogP) is 22.8. The fourth-order valence-electron chi connectivity index (χ4n) is 12.0. The molecule has 0 bridgehead atoms. The zero-order chi connectivity index (χ0) is 71.4. The Morgan fingerprint density at radius 3 is 1.30 bits per heavy atom. The van der Waals surface area contributed by atoms with E-state index in [2.05, 4.69) is 65.8 Å². The van der Waals surface area contributed by atoms with Crippen LogP contribution in [0, 0.1) is 5.92 Å². The molecule has 530 valence electrons. The van der Waals surface area contributed by atoms with Crippen molar-refractivity contribution in [3.05, 3.63) is 256 Å². The molecule has 0 saturated carbocycles. The molecule has 0 radical (unpaired) electrons. The van der Waals surface area contributed by atoms with Crippen molar-refractivity contribution in [2.24, 2.45) is 5.92 Å². The first kappa shape index (κ1) is 75.9. The third-order valence-corrected chi connectivity index (χ3v) is 27.5. The minimum atomic E-state index is 0.0778. The lowest BCUT2D eigenvalue weighted by Gasteiger charge is -2.29. The van der Waals surface area contributed by atoms with Gasteiger partial charge in [-0.1, -0.05) is 108 Å². The number of allylic oxidation sites excluding steroid dienone is 3. The highest BCUT2D eigenvalue weighted by Crippen LogP contribution is 2.48. The van der Waals surface area contributed by atoms with Crippen LogP contribution in [0.25, 0.3) is 56.0 Å². The van der Waals surface area contributed by atoms with Gasteiger partial charge in [0.05, 0.1) is 60.3 Å². The van der Waals surface area contributed by atoms with E-state index in [1.807, 2.05) is 129 Å². The van der Waals surface area contributed by atoms with Gasteiger partial charge in [-0.05, 0) is 149 Å². The molecular weight excluding hydrogens is 1580 g/mol. The van der Waals surface area contributed by atoms with Crippen molar-refractivity contribution in [3.8, 4) is 0 Å². The van der Waals surface area contributed by atoms with Crippen LogP contribution in [0.2, 0.25) is 21.7 Å². The fraction of sp³-hybridized carbons (Fsp3) is 0.227. The lowest BCUT2D eigenvalue weighted by molar-refractivity contribution is -0.124. The molecule has 6 aliphatic heterocycles. The third kappa shape index (κ3) is 18.2. The van der Waals surface area contributed by atoms with Gasteiger partial charge in [0, 0.05) is 142 Å². The molecule has 1 fully saturated rings. The van der Waals surface area contributed by atoms with Crippen molar-refractivity contribution < 1.29 is 33.5 Å². The van der Waals surface area contributed by atoms with E-state index in [1.54, 1.807) is 98.6 Å². The first-order valence-corrected chi connectivity index (χ1v) is 42.4. The Morgan fingerprint density at radius 1 is 0.471 bits per heavy atom. The highest BCUT2D eigenvalue weighted by Gasteiger charge is 2.36. The maximum absolute atomic E-state index is 12.8. The Bertz CT molecular complexity index is 4720. The van der Waals surface area contributed by atoms with Gasteiger partial charge >= 0.3 is 0 Å². The Kier molecular flexibility index (Phi) is 26.8. The van der Waals surface area contributed by atoms with E-state index in [-0.39, 0.29) is 11.8 Å². The Balaban J connectivity index is 0.000000121. The molecule has 12 nitrogen and oxygen atoms in total. The van der Waals surface area contributed by atoms with Gasteiger partial charge in [0.25, 0.3) is 11.8 Å². The topological polar surface area (TPSA) is 105 Å². The zero-order valence-electron chi connectivity index (χ0n) is 55.4. The largest absolute Gasteiger partial charge is 0.385 e. The number of hydrogen-bond donors (Lipinski definition) is 1. The molecule has 0 spiro atoms. The number of nitrogens with one attached hydrogen (secondary N) is 1. The van der Waals surface area contributed by atoms with Crippen LogP contribution < -0.4 is 5.48 Å². The van der Waals surface area contributed by atoms with E-state index >= 15 is 0 Å². The summed E-state index contributed by atoms with van der Waals surface area (Å²) < 4.78 is 19.5. The van der Waals surface area contributed by atoms with Crippen LogP contribution >= 0.6 is 171 Å². The lowest BCUT2D eigenvalue weighted by atomic mass is 9.99. The van der Waals surface area contributed by atoms with E-state index in [0.717, 1.165) is 157 Å². The second-order valence-electron chi connectivity index (χ2n) is 23.3. The summed E-state index contributed by atoms with van der Waals surface area (Å²) >= 11 is 46.3. The number of halogens is 5. The Hall–Kier alpha value is -5.81. The van der Waals surface area contributed by atoms with Crippen LogP contribution in [0.4, 0.5) is 0 Å². The minimum absolute atomic E-state index is 0.0778. The standard InChI is InChI=1S/C19H20ClNOS2.C16H16ClNO2S2.C15H14ClNO2S2.C13H10ClNOS2.C12H8ClNOS2/c1-13-19(17-3-2-10-23-17)15(16-4-5-18(20)24-16)12-21(13)11-14-6-8-22-9-7-14;1-20-8-3-7-18-10-11(12-5-6-14(17)22-12)15(16(18)19)13-4-2-9-21-13;1-19-7-6-17-9-10(11-4-5-13(16)21-11)14(15(17)18)12-3-2-8-20-12;1-8-12(9-4-3-7-17-9)13(15(2)16-8)10-5-6-11(14)18-10;1-7-11(8-3-2-6-16-8)12(14-15-7)9-4-5-10(13)17-9/h2-5,10,14H,1,6-9,11-12H2;2,4-6,9H,3,7-8,10H2,1H3;2-5,8H,6-7,9H2,1H3;3-7H,1H2,2H3;2-6,14H,1H2. The van der Waals surface area contributed by atoms with Gasteiger partial charge in [-0.2, -0.15) is 0 Å². The summed E-state index contributed by atoms with van der Waals surface area (Å²) in [5.74, 6) is 2.21. The van der Waals surface area contributed by atoms with Gasteiger partial charge in [0.2, 0.25) is 0 Å². The van der Waals surface area contributed by atoms with Crippen LogP contribution in [0.3, 0.4) is 0 Å². The molecule has 1 saturated heterocycles. The van der Waals surface area contributed by atoms with E-state index in [4.69, 9.17) is 81.9 Å². The fourth-order valence-corrected chi connectivity index (χ4v) is 21.4. The highest BCUT2D eigenvalue weighted by molar-refractivity contribution is 7.19. The summed E-state index contributed by atoms with van der Waals surface area (Å²) in [6.07, 6.45) is 3.15. The number of rotatable bonds is 19. The van der Waals surface area contributed by atoms with Crippen LogP contribution in [-0.4, -0.2) is 119 Å². The van der Waals surface area contributed by atoms with E-state index < -0.39 is 0 Å². The van der Waals surface area contributed by atoms with Gasteiger partial charge in [-0.15, -0.1) is 113 Å². The van der Waals surface area contributed by atoms with Gasteiger partial charge in [0.1, 0.15) is 11.4 Å². The summed E-state index contributed by atoms with van der Waals surface area (Å²) in [6, 6.07) is 40.1. The highest BCUT2D eigenvalue weighted by atomic mass is 35.5. The molecule has 27 heteroatoms. The smallest absolute Gasteiger partial charge is 0.256 e. The number of hydroxylamine groups is 3. The number of methoxy groups -OCH3 is 2. The van der Waals surface area contributed by atoms with Gasteiger partial charge < -0.3 is 38.6 Å². The van der Waals surface area contributed by atoms with E-state index in [9.17, 15) is 9.59 Å². The van der Waals surface area contributed by atoms with Crippen molar-refractivity contribution >= 4 is 239 Å². The first-order valence-electron chi connectivity index (χ1n) is 32.0. The molecule has 0 aromatic carbocycles. The molecule has 6 aliphatic rings. The van der Waals surface area contributed by atoms with Gasteiger partial charge in [-0.25, -0.2) is 10.5 Å². The number of carbonyl (C=O) groups is 2. The van der Waals surface area contributed by atoms with Gasteiger partial charge in [0.15, 0.2) is 11.5 Å². The lowest BCUT2D eigenvalue weighted by Crippen LogP contribution is -2.30. The molecular formula is C75H68Cl5N5O7S10. The molecule has 0 atom stereocenters. The van der Waals surface area contributed by atoms with E-state index in [0.29, 0.717) is 56.8 Å². The van der Waals surface area contributed by atoms with Crippen molar-refractivity contribution in [1.82, 2.24) is 25.2 Å². The molecule has 102 heavy (non-hydrogen) atoms. The van der Waals surface area contributed by atoms with Crippen molar-refractivity contribution in [1.29, 1.82) is 0 Å². The molecule has 10 aromatic heterocycles. The summed E-state index contributed by atoms with van der Waals surface area (Å²) in [6.45, 7) is 19.9. The average Bonchev–Trinajstić information content (AvgIpc) is 1.66. The number of hydrogen-bond acceptors (Lipinski definition) is 20. The van der Waals surface area contributed by atoms with Crippen molar-refractivity contribution in [3.63, 3.8) is 0 Å². The third-order valence-electron chi connectivity index (χ3n) is 16.7. The zero-order valence-corrected chi connectivity index (χ0v) is 67.4. The molecule has 16 heterocycles. The maximum Gasteiger partial charge on any atom is 0.256 e. The van der Waals surface area contributed by atoms with E-state index in [1.165, 1.54) is 54.9 Å². The van der Waals surface area contributed by atoms with Crippen molar-refractivity contribution in [2.45, 2.75) is 19.3 Å². The molecule has 0 unspecified atom stereocenters. The molecule has 0 aliphatic carbocycles. The molecule has 10 aromatic rings. The number of ether oxygens (including phenoxy) is 3. The minimum Gasteiger partial charge on any atom is -0.385 e. The maximum atomic E-state index is 12.8. The van der Waals surface area contributed by atoms with Crippen LogP contribution in [-0.2, 0) is 33.5 Å². The number of thiophene rings is 10. The van der Waals surface area contributed by atoms with Crippen LogP contribution in [0.15, 0.2) is 185 Å². The number of amides is 2. The first-order chi connectivity index (χ1) is 49.5. The predicted molar refractivity (Wildman–Crippen MR) is 439 cm³/mol. The van der Waals surface area contributed by atoms with Crippen molar-refractivity contribution in [2.75, 3.05) is 87.0 Å². The summed E-state index contributed by atoms with van der Waals surface area (Å²) in [4.78, 5) is 53.8. The van der Waals surface area contributed by atoms with Crippen LogP contribution in [0.1, 0.15) is 68.0 Å². The number of nitrogens with zero attached hydrogens (tertiary/aromatic N) is 4. The normalized spacial score (nSPS) is 16.3. The second kappa shape index (κ2) is 36.0. The molecule has 1 N–H and O–H groups in total. The SMILES string of the molecule is C=C1C(c2cccs2)=C(c2ccc(Cl)s2)CN1CC1CCOCC1.C=C1ON(C)C(c2ccc(Cl)s2)=C1c1cccs1.C=C1ONC(c2ccc(Cl)s2)=C1c1cccs1.COCCCN1CC(c2ccc(Cl)s2)=C(c2cccs2)C1=O.COCCN1CC(c2ccc(Cl)s2)=C(c2cccs2)C1=O. The van der Waals surface area contributed by atoms with Crippen LogP contribution in [0.5, 0.6) is 0 Å². The summed E-state index contributed by atoms with van der Waals surface area (Å²) in [7, 11) is 5.21.